The van der Waals surface area contributed by atoms with Crippen molar-refractivity contribution in [3.05, 3.63) is 35.1 Å². The summed E-state index contributed by atoms with van der Waals surface area (Å²) in [7, 11) is 0. The molecule has 0 aliphatic rings. The number of ether oxygens (including phenoxy) is 1. The molecule has 0 spiro atoms. The Bertz CT molecular complexity index is 602. The zero-order chi connectivity index (χ0) is 13.3. The summed E-state index contributed by atoms with van der Waals surface area (Å²) in [6.07, 6.45) is 3.49. The van der Waals surface area contributed by atoms with Gasteiger partial charge < -0.3 is 4.74 Å². The molecule has 0 unspecified atom stereocenters. The predicted octanol–water partition coefficient (Wildman–Crippen LogP) is 3.95. The number of pyridine rings is 1. The third kappa shape index (κ3) is 2.70. The Morgan fingerprint density at radius 2 is 2.06 bits per heavy atom. The van der Waals surface area contributed by atoms with Gasteiger partial charge in [0.2, 0.25) is 0 Å². The Kier molecular flexibility index (Phi) is 3.39. The lowest BCUT2D eigenvalue weighted by molar-refractivity contribution is -0.142. The highest BCUT2D eigenvalue weighted by Gasteiger charge is 2.23. The van der Waals surface area contributed by atoms with Crippen LogP contribution in [0.3, 0.4) is 0 Å². The van der Waals surface area contributed by atoms with Crippen molar-refractivity contribution in [1.29, 1.82) is 0 Å². The Morgan fingerprint density at radius 3 is 2.72 bits per heavy atom. The minimum absolute atomic E-state index is 0.247. The maximum atomic E-state index is 11.8. The van der Waals surface area contributed by atoms with Crippen molar-refractivity contribution in [1.82, 2.24) is 4.98 Å². The molecule has 0 aliphatic carbocycles. The quantitative estimate of drug-likeness (QED) is 0.591. The van der Waals surface area contributed by atoms with Gasteiger partial charge in [-0.15, -0.1) is 0 Å². The van der Waals surface area contributed by atoms with Crippen LogP contribution in [0, 0.1) is 5.41 Å². The minimum atomic E-state index is -0.514. The summed E-state index contributed by atoms with van der Waals surface area (Å²) in [6.45, 7) is 5.49. The Balaban J connectivity index is 2.39. The maximum Gasteiger partial charge on any atom is 0.316 e. The van der Waals surface area contributed by atoms with Crippen LogP contribution in [-0.4, -0.2) is 11.0 Å². The number of rotatable bonds is 1. The van der Waals surface area contributed by atoms with Gasteiger partial charge in [-0.1, -0.05) is 0 Å². The number of benzene rings is 1. The van der Waals surface area contributed by atoms with Gasteiger partial charge in [0.05, 0.1) is 5.41 Å². The van der Waals surface area contributed by atoms with Gasteiger partial charge in [-0.05, 0) is 60.3 Å². The SMILES string of the molecule is CC(C)(C)C(=O)Oc1cc(Br)c2cnccc2c1. The van der Waals surface area contributed by atoms with Crippen LogP contribution in [0.4, 0.5) is 0 Å². The molecule has 4 heteroatoms. The summed E-state index contributed by atoms with van der Waals surface area (Å²) < 4.78 is 6.24. The number of aromatic nitrogens is 1. The molecule has 1 aromatic carbocycles. The van der Waals surface area contributed by atoms with Crippen LogP contribution >= 0.6 is 15.9 Å². The highest BCUT2D eigenvalue weighted by molar-refractivity contribution is 9.10. The first-order valence-corrected chi connectivity index (χ1v) is 6.43. The number of nitrogens with zero attached hydrogens (tertiary/aromatic N) is 1. The van der Waals surface area contributed by atoms with Crippen molar-refractivity contribution < 1.29 is 9.53 Å². The molecular formula is C14H14BrNO2. The van der Waals surface area contributed by atoms with E-state index in [-0.39, 0.29) is 5.97 Å². The average Bonchev–Trinajstić information content (AvgIpc) is 2.27. The first kappa shape index (κ1) is 13.0. The number of fused-ring (bicyclic) bond motifs is 1. The van der Waals surface area contributed by atoms with E-state index in [0.29, 0.717) is 5.75 Å². The summed E-state index contributed by atoms with van der Waals surface area (Å²) in [6, 6.07) is 5.51. The van der Waals surface area contributed by atoms with Gasteiger partial charge in [0.1, 0.15) is 5.75 Å². The lowest BCUT2D eigenvalue weighted by Crippen LogP contribution is -2.25. The summed E-state index contributed by atoms with van der Waals surface area (Å²) >= 11 is 3.46. The molecule has 94 valence electrons. The first-order chi connectivity index (χ1) is 8.38. The minimum Gasteiger partial charge on any atom is -0.426 e. The second kappa shape index (κ2) is 4.69. The Labute approximate surface area is 114 Å². The number of carbonyl (C=O) groups is 1. The standard InChI is InChI=1S/C14H14BrNO2/c1-14(2,3)13(17)18-10-6-9-4-5-16-8-11(9)12(15)7-10/h4-8H,1-3H3. The van der Waals surface area contributed by atoms with Crippen LogP contribution < -0.4 is 4.74 Å². The van der Waals surface area contributed by atoms with Gasteiger partial charge in [-0.25, -0.2) is 0 Å². The third-order valence-corrected chi connectivity index (χ3v) is 3.16. The molecule has 18 heavy (non-hydrogen) atoms. The van der Waals surface area contributed by atoms with E-state index in [4.69, 9.17) is 4.74 Å². The van der Waals surface area contributed by atoms with E-state index in [1.54, 1.807) is 18.5 Å². The number of halogens is 1. The molecule has 0 saturated carbocycles. The van der Waals surface area contributed by atoms with Gasteiger partial charge in [-0.2, -0.15) is 0 Å². The monoisotopic (exact) mass is 307 g/mol. The number of hydrogen-bond donors (Lipinski definition) is 0. The highest BCUT2D eigenvalue weighted by Crippen LogP contribution is 2.30. The van der Waals surface area contributed by atoms with Crippen molar-refractivity contribution in [2.45, 2.75) is 20.8 Å². The molecule has 0 fully saturated rings. The van der Waals surface area contributed by atoms with Crippen molar-refractivity contribution >= 4 is 32.7 Å². The van der Waals surface area contributed by atoms with Crippen molar-refractivity contribution in [2.75, 3.05) is 0 Å². The summed E-state index contributed by atoms with van der Waals surface area (Å²) in [5.41, 5.74) is -0.514. The molecule has 1 aromatic heterocycles. The fraction of sp³-hybridized carbons (Fsp3) is 0.286. The molecule has 1 heterocycles. The highest BCUT2D eigenvalue weighted by atomic mass is 79.9. The fourth-order valence-corrected chi connectivity index (χ4v) is 2.00. The number of carbonyl (C=O) groups excluding carboxylic acids is 1. The van der Waals surface area contributed by atoms with Crippen LogP contribution in [-0.2, 0) is 4.79 Å². The Morgan fingerprint density at radius 1 is 1.33 bits per heavy atom. The largest absolute Gasteiger partial charge is 0.426 e. The zero-order valence-electron chi connectivity index (χ0n) is 10.5. The number of esters is 1. The predicted molar refractivity (Wildman–Crippen MR) is 74.5 cm³/mol. The van der Waals surface area contributed by atoms with Crippen LogP contribution in [0.25, 0.3) is 10.8 Å². The average molecular weight is 308 g/mol. The molecule has 0 aliphatic heterocycles. The lowest BCUT2D eigenvalue weighted by Gasteiger charge is -2.16. The van der Waals surface area contributed by atoms with Crippen molar-refractivity contribution in [2.24, 2.45) is 5.41 Å². The molecule has 0 bridgehead atoms. The van der Waals surface area contributed by atoms with E-state index in [1.165, 1.54) is 0 Å². The molecule has 0 saturated heterocycles. The lowest BCUT2D eigenvalue weighted by atomic mass is 9.97. The van der Waals surface area contributed by atoms with Crippen molar-refractivity contribution in [3.8, 4) is 5.75 Å². The topological polar surface area (TPSA) is 39.2 Å². The second-order valence-corrected chi connectivity index (χ2v) is 6.00. The smallest absolute Gasteiger partial charge is 0.316 e. The molecule has 2 aromatic rings. The number of hydrogen-bond acceptors (Lipinski definition) is 3. The molecule has 0 N–H and O–H groups in total. The van der Waals surface area contributed by atoms with Crippen LogP contribution in [0.2, 0.25) is 0 Å². The molecule has 3 nitrogen and oxygen atoms in total. The van der Waals surface area contributed by atoms with E-state index in [9.17, 15) is 4.79 Å². The fourth-order valence-electron chi connectivity index (χ4n) is 1.45. The second-order valence-electron chi connectivity index (χ2n) is 5.14. The van der Waals surface area contributed by atoms with Crippen LogP contribution in [0.1, 0.15) is 20.8 Å². The summed E-state index contributed by atoms with van der Waals surface area (Å²) in [4.78, 5) is 15.9. The van der Waals surface area contributed by atoms with Gasteiger partial charge in [0.25, 0.3) is 0 Å². The normalized spacial score (nSPS) is 11.6. The zero-order valence-corrected chi connectivity index (χ0v) is 12.1. The third-order valence-electron chi connectivity index (χ3n) is 2.50. The van der Waals surface area contributed by atoms with Crippen LogP contribution in [0.15, 0.2) is 35.1 Å². The van der Waals surface area contributed by atoms with E-state index in [0.717, 1.165) is 15.2 Å². The van der Waals surface area contributed by atoms with E-state index in [2.05, 4.69) is 20.9 Å². The molecule has 0 atom stereocenters. The van der Waals surface area contributed by atoms with E-state index >= 15 is 0 Å². The van der Waals surface area contributed by atoms with E-state index < -0.39 is 5.41 Å². The maximum absolute atomic E-state index is 11.8. The molecular weight excluding hydrogens is 294 g/mol. The van der Waals surface area contributed by atoms with Crippen LogP contribution in [0.5, 0.6) is 5.75 Å². The summed E-state index contributed by atoms with van der Waals surface area (Å²) in [5.74, 6) is 0.295. The van der Waals surface area contributed by atoms with Gasteiger partial charge in [0, 0.05) is 22.3 Å². The van der Waals surface area contributed by atoms with Gasteiger partial charge in [-0.3, -0.25) is 9.78 Å². The first-order valence-electron chi connectivity index (χ1n) is 5.63. The van der Waals surface area contributed by atoms with Gasteiger partial charge >= 0.3 is 5.97 Å². The Hall–Kier alpha value is -1.42. The molecule has 0 radical (unpaired) electrons. The van der Waals surface area contributed by atoms with Gasteiger partial charge in [0.15, 0.2) is 0 Å². The molecule has 0 amide bonds. The molecule has 2 rings (SSSR count). The summed E-state index contributed by atoms with van der Waals surface area (Å²) in [5, 5.41) is 1.98. The van der Waals surface area contributed by atoms with Crippen molar-refractivity contribution in [3.63, 3.8) is 0 Å². The van der Waals surface area contributed by atoms with E-state index in [1.807, 2.05) is 32.9 Å².